The number of methoxy groups -OCH3 is 1. The van der Waals surface area contributed by atoms with E-state index in [1.807, 2.05) is 70.2 Å². The molecule has 0 fully saturated rings. The number of carbonyl (C=O) groups is 1. The molecule has 3 aromatic carbocycles. The first-order valence-corrected chi connectivity index (χ1v) is 11.7. The maximum atomic E-state index is 13.1. The van der Waals surface area contributed by atoms with Gasteiger partial charge in [0.1, 0.15) is 30.3 Å². The topological polar surface area (TPSA) is 74.2 Å². The molecule has 0 spiro atoms. The summed E-state index contributed by atoms with van der Waals surface area (Å²) in [5.74, 6) is 1.02. The third-order valence-corrected chi connectivity index (χ3v) is 5.81. The highest BCUT2D eigenvalue weighted by Crippen LogP contribution is 2.45. The summed E-state index contributed by atoms with van der Waals surface area (Å²) in [5.41, 5.74) is 3.26. The molecule has 0 saturated carbocycles. The van der Waals surface area contributed by atoms with Crippen LogP contribution in [0.15, 0.2) is 54.6 Å². The average molecular weight is 477 g/mol. The summed E-state index contributed by atoms with van der Waals surface area (Å²) in [6.45, 7) is 8.48. The second-order valence-corrected chi connectivity index (χ2v) is 10.0. The standard InChI is InChI=1S/C29H32O6/c1-18-13-20-17-34-28(31)25-23(12-11-21(27(25)32-5)22(30)15-29(2,3)4)35-26(20)24(14-18)33-16-19-9-7-6-8-10-19/h6-14,22,30H,15-17H2,1-5H3. The molecule has 0 aliphatic carbocycles. The minimum Gasteiger partial charge on any atom is -0.495 e. The Bertz CT molecular complexity index is 1210. The van der Waals surface area contributed by atoms with Crippen molar-refractivity contribution in [2.24, 2.45) is 5.41 Å². The Morgan fingerprint density at radius 3 is 2.51 bits per heavy atom. The molecule has 0 saturated heterocycles. The van der Waals surface area contributed by atoms with Crippen LogP contribution >= 0.6 is 0 Å². The van der Waals surface area contributed by atoms with Gasteiger partial charge in [-0.15, -0.1) is 0 Å². The molecular weight excluding hydrogens is 444 g/mol. The number of ether oxygens (including phenoxy) is 4. The first-order chi connectivity index (χ1) is 16.7. The lowest BCUT2D eigenvalue weighted by Crippen LogP contribution is -2.17. The number of rotatable bonds is 6. The fourth-order valence-corrected chi connectivity index (χ4v) is 4.24. The molecule has 1 unspecified atom stereocenters. The van der Waals surface area contributed by atoms with E-state index < -0.39 is 12.1 Å². The van der Waals surface area contributed by atoms with Crippen LogP contribution < -0.4 is 14.2 Å². The maximum Gasteiger partial charge on any atom is 0.346 e. The molecule has 4 rings (SSSR count). The van der Waals surface area contributed by atoms with Gasteiger partial charge in [-0.05, 0) is 54.2 Å². The van der Waals surface area contributed by atoms with E-state index in [9.17, 15) is 9.90 Å². The Labute approximate surface area is 206 Å². The number of aryl methyl sites for hydroxylation is 1. The molecule has 1 N–H and O–H groups in total. The van der Waals surface area contributed by atoms with E-state index >= 15 is 0 Å². The first-order valence-electron chi connectivity index (χ1n) is 11.7. The van der Waals surface area contributed by atoms with Gasteiger partial charge in [0.25, 0.3) is 0 Å². The minimum atomic E-state index is -0.812. The lowest BCUT2D eigenvalue weighted by Gasteiger charge is -2.26. The van der Waals surface area contributed by atoms with Crippen LogP contribution in [0.5, 0.6) is 23.0 Å². The molecule has 1 aliphatic rings. The highest BCUT2D eigenvalue weighted by molar-refractivity contribution is 5.96. The van der Waals surface area contributed by atoms with Gasteiger partial charge in [0, 0.05) is 11.1 Å². The Kier molecular flexibility index (Phi) is 7.03. The quantitative estimate of drug-likeness (QED) is 0.409. The van der Waals surface area contributed by atoms with Crippen molar-refractivity contribution < 1.29 is 28.8 Å². The van der Waals surface area contributed by atoms with Crippen LogP contribution in [0.2, 0.25) is 0 Å². The molecule has 6 heteroatoms. The maximum absolute atomic E-state index is 13.1. The van der Waals surface area contributed by atoms with Gasteiger partial charge in [-0.25, -0.2) is 4.79 Å². The normalized spacial score (nSPS) is 13.9. The summed E-state index contributed by atoms with van der Waals surface area (Å²) in [6.07, 6.45) is -0.314. The van der Waals surface area contributed by atoms with E-state index in [4.69, 9.17) is 18.9 Å². The van der Waals surface area contributed by atoms with Crippen molar-refractivity contribution in [1.82, 2.24) is 0 Å². The third kappa shape index (κ3) is 5.60. The summed E-state index contributed by atoms with van der Waals surface area (Å²) in [5, 5.41) is 10.9. The SMILES string of the molecule is COc1c(C(O)CC(C)(C)C)ccc2c1C(=O)OCc1cc(C)cc(OCc3ccccc3)c1O2. The summed E-state index contributed by atoms with van der Waals surface area (Å²) in [7, 11) is 1.47. The van der Waals surface area contributed by atoms with Gasteiger partial charge in [0.05, 0.1) is 13.2 Å². The minimum absolute atomic E-state index is 0.0227. The van der Waals surface area contributed by atoms with Gasteiger partial charge in [0.2, 0.25) is 0 Å². The van der Waals surface area contributed by atoms with Gasteiger partial charge >= 0.3 is 5.97 Å². The van der Waals surface area contributed by atoms with Gasteiger partial charge in [-0.3, -0.25) is 0 Å². The van der Waals surface area contributed by atoms with Gasteiger partial charge in [-0.2, -0.15) is 0 Å². The summed E-state index contributed by atoms with van der Waals surface area (Å²) in [6, 6.07) is 17.1. The number of benzene rings is 3. The second kappa shape index (κ2) is 10.0. The molecule has 35 heavy (non-hydrogen) atoms. The summed E-state index contributed by atoms with van der Waals surface area (Å²) < 4.78 is 23.7. The Hall–Kier alpha value is -3.51. The van der Waals surface area contributed by atoms with Crippen molar-refractivity contribution in [3.05, 3.63) is 82.4 Å². The zero-order valence-electron chi connectivity index (χ0n) is 20.9. The largest absolute Gasteiger partial charge is 0.495 e. The van der Waals surface area contributed by atoms with E-state index in [1.165, 1.54) is 7.11 Å². The van der Waals surface area contributed by atoms with Crippen LogP contribution in [-0.2, 0) is 18.0 Å². The molecule has 6 nitrogen and oxygen atoms in total. The first kappa shape index (κ1) is 24.6. The van der Waals surface area contributed by atoms with Gasteiger partial charge in [0.15, 0.2) is 11.5 Å². The fraction of sp³-hybridized carbons (Fsp3) is 0.345. The van der Waals surface area contributed by atoms with Crippen molar-refractivity contribution in [2.75, 3.05) is 7.11 Å². The van der Waals surface area contributed by atoms with E-state index in [0.29, 0.717) is 35.7 Å². The van der Waals surface area contributed by atoms with Crippen molar-refractivity contribution in [3.63, 3.8) is 0 Å². The summed E-state index contributed by atoms with van der Waals surface area (Å²) in [4.78, 5) is 13.1. The van der Waals surface area contributed by atoms with Crippen LogP contribution in [0.1, 0.15) is 65.9 Å². The molecule has 0 radical (unpaired) electrons. The van der Waals surface area contributed by atoms with Crippen LogP contribution in [0.3, 0.4) is 0 Å². The van der Waals surface area contributed by atoms with Crippen molar-refractivity contribution >= 4 is 5.97 Å². The Morgan fingerprint density at radius 2 is 1.83 bits per heavy atom. The Balaban J connectivity index is 1.74. The molecule has 1 aliphatic heterocycles. The summed E-state index contributed by atoms with van der Waals surface area (Å²) >= 11 is 0. The smallest absolute Gasteiger partial charge is 0.346 e. The zero-order chi connectivity index (χ0) is 25.2. The zero-order valence-corrected chi connectivity index (χ0v) is 20.9. The van der Waals surface area contributed by atoms with Crippen LogP contribution in [0.4, 0.5) is 0 Å². The van der Waals surface area contributed by atoms with E-state index in [1.54, 1.807) is 12.1 Å². The number of esters is 1. The number of carbonyl (C=O) groups excluding carboxylic acids is 1. The number of fused-ring (bicyclic) bond motifs is 2. The lowest BCUT2D eigenvalue weighted by molar-refractivity contribution is 0.0453. The molecule has 184 valence electrons. The third-order valence-electron chi connectivity index (χ3n) is 5.81. The number of aliphatic hydroxyl groups excluding tert-OH is 1. The van der Waals surface area contributed by atoms with Gasteiger partial charge in [-0.1, -0.05) is 51.1 Å². The number of hydrogen-bond acceptors (Lipinski definition) is 6. The average Bonchev–Trinajstić information content (AvgIpc) is 2.80. The predicted molar refractivity (Wildman–Crippen MR) is 133 cm³/mol. The highest BCUT2D eigenvalue weighted by Gasteiger charge is 2.31. The van der Waals surface area contributed by atoms with Crippen molar-refractivity contribution in [1.29, 1.82) is 0 Å². The number of aliphatic hydroxyl groups is 1. The van der Waals surface area contributed by atoms with Gasteiger partial charge < -0.3 is 24.1 Å². The van der Waals surface area contributed by atoms with E-state index in [-0.39, 0.29) is 29.1 Å². The number of cyclic esters (lactones) is 1. The Morgan fingerprint density at radius 1 is 1.09 bits per heavy atom. The molecule has 1 atom stereocenters. The lowest BCUT2D eigenvalue weighted by atomic mass is 9.86. The predicted octanol–water partition coefficient (Wildman–Crippen LogP) is 6.51. The molecule has 3 aromatic rings. The molecule has 0 bridgehead atoms. The highest BCUT2D eigenvalue weighted by atomic mass is 16.6. The van der Waals surface area contributed by atoms with Crippen LogP contribution in [0.25, 0.3) is 0 Å². The van der Waals surface area contributed by atoms with E-state index in [0.717, 1.165) is 11.1 Å². The number of hydrogen-bond donors (Lipinski definition) is 1. The monoisotopic (exact) mass is 476 g/mol. The fourth-order valence-electron chi connectivity index (χ4n) is 4.24. The van der Waals surface area contributed by atoms with Crippen molar-refractivity contribution in [2.45, 2.75) is 53.4 Å². The molecule has 1 heterocycles. The molecular formula is C29H32O6. The second-order valence-electron chi connectivity index (χ2n) is 10.0. The molecule has 0 aromatic heterocycles. The van der Waals surface area contributed by atoms with Crippen molar-refractivity contribution in [3.8, 4) is 23.0 Å². The van der Waals surface area contributed by atoms with Crippen LogP contribution in [0, 0.1) is 12.3 Å². The van der Waals surface area contributed by atoms with E-state index in [2.05, 4.69) is 0 Å². The van der Waals surface area contributed by atoms with Crippen LogP contribution in [-0.4, -0.2) is 18.2 Å². The molecule has 0 amide bonds.